The van der Waals surface area contributed by atoms with Crippen molar-refractivity contribution in [2.24, 2.45) is 5.92 Å². The zero-order chi connectivity index (χ0) is 22.7. The number of anilines is 1. The maximum Gasteiger partial charge on any atom is 0.328 e. The molecule has 0 bridgehead atoms. The van der Waals surface area contributed by atoms with Gasteiger partial charge in [-0.3, -0.25) is 14.2 Å². The second-order valence-electron chi connectivity index (χ2n) is 8.16. The molecule has 2 aromatic carbocycles. The standard InChI is InChI=1S/C24H28N4O4/c1-2-32-23(30)20-15-27(11-10-18(20)16-6-5-7-17(25)14-16)12-13-28-22(29)19-8-3-4-9-21(19)26-24(28)31/h3-9,14,18,20H,2,10-13,15,25H2,1H3,(H,26,31). The van der Waals surface area contributed by atoms with E-state index in [9.17, 15) is 14.4 Å². The SMILES string of the molecule is CCOC(=O)C1CN(CCn2c(=O)[nH]c3ccccc3c2=O)CCC1c1cccc(N)c1. The predicted molar refractivity (Wildman–Crippen MR) is 124 cm³/mol. The molecular formula is C24H28N4O4. The van der Waals surface area contributed by atoms with Gasteiger partial charge in [0.1, 0.15) is 0 Å². The number of hydrogen-bond acceptors (Lipinski definition) is 6. The van der Waals surface area contributed by atoms with Gasteiger partial charge in [-0.05, 0) is 55.6 Å². The van der Waals surface area contributed by atoms with Gasteiger partial charge < -0.3 is 20.4 Å². The highest BCUT2D eigenvalue weighted by Gasteiger charge is 2.36. The number of hydrogen-bond donors (Lipinski definition) is 2. The molecule has 0 amide bonds. The summed E-state index contributed by atoms with van der Waals surface area (Å²) < 4.78 is 6.58. The normalized spacial score (nSPS) is 19.2. The number of carbonyl (C=O) groups is 1. The summed E-state index contributed by atoms with van der Waals surface area (Å²) in [6.45, 7) is 4.10. The minimum Gasteiger partial charge on any atom is -0.466 e. The summed E-state index contributed by atoms with van der Waals surface area (Å²) in [7, 11) is 0. The van der Waals surface area contributed by atoms with Crippen LogP contribution in [0.15, 0.2) is 58.1 Å². The molecule has 4 rings (SSSR count). The maximum absolute atomic E-state index is 12.8. The van der Waals surface area contributed by atoms with Crippen LogP contribution in [0.3, 0.4) is 0 Å². The molecule has 32 heavy (non-hydrogen) atoms. The molecule has 168 valence electrons. The summed E-state index contributed by atoms with van der Waals surface area (Å²) >= 11 is 0. The zero-order valence-electron chi connectivity index (χ0n) is 18.1. The summed E-state index contributed by atoms with van der Waals surface area (Å²) in [5.41, 5.74) is 7.46. The van der Waals surface area contributed by atoms with E-state index in [4.69, 9.17) is 10.5 Å². The van der Waals surface area contributed by atoms with E-state index in [1.54, 1.807) is 31.2 Å². The van der Waals surface area contributed by atoms with E-state index in [1.165, 1.54) is 4.57 Å². The van der Waals surface area contributed by atoms with Gasteiger partial charge in [0, 0.05) is 25.3 Å². The van der Waals surface area contributed by atoms with Gasteiger partial charge >= 0.3 is 11.7 Å². The van der Waals surface area contributed by atoms with Gasteiger partial charge in [0.2, 0.25) is 0 Å². The summed E-state index contributed by atoms with van der Waals surface area (Å²) in [4.78, 5) is 42.9. The number of carbonyl (C=O) groups excluding carboxylic acids is 1. The molecule has 1 aromatic heterocycles. The molecule has 2 atom stereocenters. The third kappa shape index (κ3) is 4.45. The quantitative estimate of drug-likeness (QED) is 0.451. The molecule has 3 aromatic rings. The van der Waals surface area contributed by atoms with Crippen molar-refractivity contribution in [2.75, 3.05) is 32.0 Å². The Balaban J connectivity index is 1.52. The van der Waals surface area contributed by atoms with Crippen molar-refractivity contribution < 1.29 is 9.53 Å². The van der Waals surface area contributed by atoms with Crippen LogP contribution in [0.1, 0.15) is 24.8 Å². The lowest BCUT2D eigenvalue weighted by molar-refractivity contribution is -0.150. The number of benzene rings is 2. The average molecular weight is 437 g/mol. The fourth-order valence-electron chi connectivity index (χ4n) is 4.54. The summed E-state index contributed by atoms with van der Waals surface area (Å²) in [6, 6.07) is 14.6. The Kier molecular flexibility index (Phi) is 6.41. The van der Waals surface area contributed by atoms with Crippen LogP contribution in [-0.4, -0.2) is 46.7 Å². The van der Waals surface area contributed by atoms with Crippen LogP contribution in [-0.2, 0) is 16.1 Å². The van der Waals surface area contributed by atoms with Gasteiger partial charge in [-0.15, -0.1) is 0 Å². The van der Waals surface area contributed by atoms with Crippen LogP contribution >= 0.6 is 0 Å². The number of ether oxygens (including phenoxy) is 1. The summed E-state index contributed by atoms with van der Waals surface area (Å²) in [5, 5.41) is 0.483. The Morgan fingerprint density at radius 1 is 1.16 bits per heavy atom. The Morgan fingerprint density at radius 3 is 2.75 bits per heavy atom. The molecule has 2 heterocycles. The summed E-state index contributed by atoms with van der Waals surface area (Å²) in [5.74, 6) is -0.553. The van der Waals surface area contributed by atoms with E-state index in [0.29, 0.717) is 36.3 Å². The lowest BCUT2D eigenvalue weighted by Crippen LogP contribution is -2.46. The van der Waals surface area contributed by atoms with E-state index < -0.39 is 5.69 Å². The Labute approximate surface area is 185 Å². The van der Waals surface area contributed by atoms with Crippen LogP contribution in [0.25, 0.3) is 10.9 Å². The third-order valence-corrected chi connectivity index (χ3v) is 6.15. The second kappa shape index (κ2) is 9.40. The van der Waals surface area contributed by atoms with E-state index in [0.717, 1.165) is 18.5 Å². The molecule has 1 fully saturated rings. The van der Waals surface area contributed by atoms with Crippen molar-refractivity contribution in [3.8, 4) is 0 Å². The first-order chi connectivity index (χ1) is 15.5. The molecule has 1 aliphatic rings. The van der Waals surface area contributed by atoms with Gasteiger partial charge in [0.25, 0.3) is 5.56 Å². The first-order valence-electron chi connectivity index (χ1n) is 10.9. The monoisotopic (exact) mass is 436 g/mol. The number of para-hydroxylation sites is 1. The molecule has 0 saturated carbocycles. The van der Waals surface area contributed by atoms with Gasteiger partial charge in [0.05, 0.1) is 23.4 Å². The number of rotatable bonds is 6. The number of aromatic amines is 1. The Morgan fingerprint density at radius 2 is 1.97 bits per heavy atom. The highest BCUT2D eigenvalue weighted by Crippen LogP contribution is 2.34. The molecule has 0 radical (unpaired) electrons. The number of esters is 1. The molecule has 8 heteroatoms. The predicted octanol–water partition coefficient (Wildman–Crippen LogP) is 1.94. The van der Waals surface area contributed by atoms with Gasteiger partial charge in [-0.2, -0.15) is 0 Å². The molecule has 8 nitrogen and oxygen atoms in total. The first kappa shape index (κ1) is 21.8. The fourth-order valence-corrected chi connectivity index (χ4v) is 4.54. The van der Waals surface area contributed by atoms with Crippen molar-refractivity contribution in [3.05, 3.63) is 74.9 Å². The molecular weight excluding hydrogens is 408 g/mol. The second-order valence-corrected chi connectivity index (χ2v) is 8.16. The minimum absolute atomic E-state index is 0.0144. The lowest BCUT2D eigenvalue weighted by atomic mass is 9.80. The number of aromatic nitrogens is 2. The van der Waals surface area contributed by atoms with Crippen molar-refractivity contribution in [3.63, 3.8) is 0 Å². The number of nitrogens with zero attached hydrogens (tertiary/aromatic N) is 2. The Bertz CT molecular complexity index is 1230. The Hall–Kier alpha value is -3.39. The van der Waals surface area contributed by atoms with Crippen molar-refractivity contribution in [1.82, 2.24) is 14.5 Å². The highest BCUT2D eigenvalue weighted by atomic mass is 16.5. The van der Waals surface area contributed by atoms with E-state index in [2.05, 4.69) is 9.88 Å². The number of nitrogens with two attached hydrogens (primary N) is 1. The largest absolute Gasteiger partial charge is 0.466 e. The summed E-state index contributed by atoms with van der Waals surface area (Å²) in [6.07, 6.45) is 0.760. The molecule has 1 aliphatic heterocycles. The smallest absolute Gasteiger partial charge is 0.328 e. The number of fused-ring (bicyclic) bond motifs is 1. The number of nitrogens with one attached hydrogen (secondary N) is 1. The molecule has 1 saturated heterocycles. The number of nitrogen functional groups attached to an aromatic ring is 1. The molecule has 2 unspecified atom stereocenters. The minimum atomic E-state index is -0.426. The fraction of sp³-hybridized carbons (Fsp3) is 0.375. The van der Waals surface area contributed by atoms with E-state index in [-0.39, 0.29) is 29.9 Å². The van der Waals surface area contributed by atoms with Crippen LogP contribution in [0.2, 0.25) is 0 Å². The number of piperidine rings is 1. The third-order valence-electron chi connectivity index (χ3n) is 6.15. The average Bonchev–Trinajstić information content (AvgIpc) is 2.79. The van der Waals surface area contributed by atoms with Gasteiger partial charge in [0.15, 0.2) is 0 Å². The van der Waals surface area contributed by atoms with Gasteiger partial charge in [-0.25, -0.2) is 4.79 Å². The van der Waals surface area contributed by atoms with Crippen LogP contribution in [0, 0.1) is 5.92 Å². The topological polar surface area (TPSA) is 110 Å². The zero-order valence-corrected chi connectivity index (χ0v) is 18.1. The van der Waals surface area contributed by atoms with Crippen LogP contribution < -0.4 is 17.0 Å². The molecule has 0 aliphatic carbocycles. The van der Waals surface area contributed by atoms with Crippen molar-refractivity contribution in [2.45, 2.75) is 25.8 Å². The van der Waals surface area contributed by atoms with Crippen LogP contribution in [0.4, 0.5) is 5.69 Å². The highest BCUT2D eigenvalue weighted by molar-refractivity contribution is 5.77. The maximum atomic E-state index is 12.8. The number of likely N-dealkylation sites (tertiary alicyclic amines) is 1. The van der Waals surface area contributed by atoms with E-state index in [1.807, 2.05) is 24.3 Å². The molecule has 3 N–H and O–H groups in total. The van der Waals surface area contributed by atoms with Crippen LogP contribution in [0.5, 0.6) is 0 Å². The van der Waals surface area contributed by atoms with E-state index >= 15 is 0 Å². The van der Waals surface area contributed by atoms with Crippen molar-refractivity contribution in [1.29, 1.82) is 0 Å². The first-order valence-corrected chi connectivity index (χ1v) is 10.9. The number of H-pyrrole nitrogens is 1. The van der Waals surface area contributed by atoms with Crippen molar-refractivity contribution >= 4 is 22.6 Å². The van der Waals surface area contributed by atoms with Gasteiger partial charge in [-0.1, -0.05) is 24.3 Å². The molecule has 0 spiro atoms. The lowest BCUT2D eigenvalue weighted by Gasteiger charge is -2.37.